The van der Waals surface area contributed by atoms with E-state index < -0.39 is 9.84 Å². The van der Waals surface area contributed by atoms with Crippen LogP contribution in [0.3, 0.4) is 0 Å². The number of fused-ring (bicyclic) bond motifs is 1. The van der Waals surface area contributed by atoms with Crippen LogP contribution in [0.4, 0.5) is 0 Å². The molecule has 4 rings (SSSR count). The molecule has 0 radical (unpaired) electrons. The molecule has 4 aromatic rings. The highest BCUT2D eigenvalue weighted by Gasteiger charge is 2.26. The molecule has 0 aliphatic heterocycles. The van der Waals surface area contributed by atoms with Gasteiger partial charge in [0.1, 0.15) is 11.5 Å². The first kappa shape index (κ1) is 16.7. The SMILES string of the molecule is O=S(=O)(c1ccccc1)c1ncnc(Cl)c1-c1cccc2ccccc12. The molecule has 0 saturated heterocycles. The second-order valence-electron chi connectivity index (χ2n) is 5.69. The summed E-state index contributed by atoms with van der Waals surface area (Å²) in [5.74, 6) is 0. The number of nitrogens with zero attached hydrogens (tertiary/aromatic N) is 2. The van der Waals surface area contributed by atoms with E-state index in [1.807, 2.05) is 42.5 Å². The van der Waals surface area contributed by atoms with E-state index in [1.165, 1.54) is 18.5 Å². The van der Waals surface area contributed by atoms with Crippen LogP contribution >= 0.6 is 11.6 Å². The zero-order valence-corrected chi connectivity index (χ0v) is 15.1. The Kier molecular flexibility index (Phi) is 4.18. The number of rotatable bonds is 3. The predicted molar refractivity (Wildman–Crippen MR) is 102 cm³/mol. The maximum Gasteiger partial charge on any atom is 0.224 e. The Labute approximate surface area is 156 Å². The van der Waals surface area contributed by atoms with Gasteiger partial charge in [-0.2, -0.15) is 0 Å². The quantitative estimate of drug-likeness (QED) is 0.480. The molecular weight excluding hydrogens is 368 g/mol. The zero-order chi connectivity index (χ0) is 18.1. The van der Waals surface area contributed by atoms with Crippen molar-refractivity contribution < 1.29 is 8.42 Å². The van der Waals surface area contributed by atoms with Crippen molar-refractivity contribution >= 4 is 32.2 Å². The molecule has 0 unspecified atom stereocenters. The molecule has 0 atom stereocenters. The molecular formula is C20H13ClN2O2S. The van der Waals surface area contributed by atoms with Crippen molar-refractivity contribution in [3.05, 3.63) is 84.3 Å². The predicted octanol–water partition coefficient (Wildman–Crippen LogP) is 4.78. The summed E-state index contributed by atoms with van der Waals surface area (Å²) in [7, 11) is -3.84. The first-order chi connectivity index (χ1) is 12.6. The number of sulfone groups is 1. The Morgan fingerprint density at radius 3 is 2.27 bits per heavy atom. The lowest BCUT2D eigenvalue weighted by molar-refractivity contribution is 0.592. The second-order valence-corrected chi connectivity index (χ2v) is 7.91. The van der Waals surface area contributed by atoms with Crippen molar-refractivity contribution in [3.8, 4) is 11.1 Å². The molecule has 3 aromatic carbocycles. The molecule has 0 amide bonds. The zero-order valence-electron chi connectivity index (χ0n) is 13.5. The van der Waals surface area contributed by atoms with E-state index in [0.717, 1.165) is 10.8 Å². The first-order valence-electron chi connectivity index (χ1n) is 7.88. The van der Waals surface area contributed by atoms with Crippen LogP contribution in [0.2, 0.25) is 5.15 Å². The molecule has 0 bridgehead atoms. The summed E-state index contributed by atoms with van der Waals surface area (Å²) in [6.07, 6.45) is 1.17. The van der Waals surface area contributed by atoms with Crippen LogP contribution in [0.5, 0.6) is 0 Å². The average molecular weight is 381 g/mol. The molecule has 0 N–H and O–H groups in total. The van der Waals surface area contributed by atoms with Gasteiger partial charge < -0.3 is 0 Å². The minimum atomic E-state index is -3.84. The van der Waals surface area contributed by atoms with Crippen molar-refractivity contribution in [1.82, 2.24) is 9.97 Å². The maximum absolute atomic E-state index is 13.2. The fraction of sp³-hybridized carbons (Fsp3) is 0. The van der Waals surface area contributed by atoms with Crippen molar-refractivity contribution in [2.75, 3.05) is 0 Å². The van der Waals surface area contributed by atoms with Gasteiger partial charge in [0, 0.05) is 0 Å². The van der Waals surface area contributed by atoms with E-state index in [1.54, 1.807) is 18.2 Å². The Morgan fingerprint density at radius 2 is 1.46 bits per heavy atom. The molecule has 1 heterocycles. The third-order valence-electron chi connectivity index (χ3n) is 4.13. The van der Waals surface area contributed by atoms with E-state index in [2.05, 4.69) is 9.97 Å². The highest BCUT2D eigenvalue weighted by atomic mass is 35.5. The molecule has 0 saturated carbocycles. The molecule has 128 valence electrons. The molecule has 0 spiro atoms. The Morgan fingerprint density at radius 1 is 0.769 bits per heavy atom. The molecule has 6 heteroatoms. The largest absolute Gasteiger partial charge is 0.224 e. The minimum Gasteiger partial charge on any atom is -0.224 e. The fourth-order valence-electron chi connectivity index (χ4n) is 2.93. The van der Waals surface area contributed by atoms with Crippen molar-refractivity contribution in [1.29, 1.82) is 0 Å². The summed E-state index contributed by atoms with van der Waals surface area (Å²) in [6.45, 7) is 0. The molecule has 1 aromatic heterocycles. The lowest BCUT2D eigenvalue weighted by Gasteiger charge is -2.13. The number of hydrogen-bond donors (Lipinski definition) is 0. The fourth-order valence-corrected chi connectivity index (χ4v) is 4.63. The van der Waals surface area contributed by atoms with Crippen LogP contribution in [0, 0.1) is 0 Å². The number of benzene rings is 3. The number of hydrogen-bond acceptors (Lipinski definition) is 4. The Balaban J connectivity index is 2.05. The third kappa shape index (κ3) is 2.75. The van der Waals surface area contributed by atoms with Gasteiger partial charge in [0.05, 0.1) is 10.5 Å². The van der Waals surface area contributed by atoms with Gasteiger partial charge in [0.2, 0.25) is 9.84 Å². The number of halogens is 1. The van der Waals surface area contributed by atoms with Gasteiger partial charge >= 0.3 is 0 Å². The van der Waals surface area contributed by atoms with Gasteiger partial charge in [-0.3, -0.25) is 0 Å². The number of aromatic nitrogens is 2. The second kappa shape index (κ2) is 6.52. The van der Waals surface area contributed by atoms with Crippen LogP contribution in [-0.2, 0) is 9.84 Å². The topological polar surface area (TPSA) is 59.9 Å². The minimum absolute atomic E-state index is 0.0972. The van der Waals surface area contributed by atoms with Crippen LogP contribution in [0.25, 0.3) is 21.9 Å². The van der Waals surface area contributed by atoms with E-state index in [0.29, 0.717) is 11.1 Å². The van der Waals surface area contributed by atoms with Gasteiger partial charge in [0.25, 0.3) is 0 Å². The van der Waals surface area contributed by atoms with Crippen molar-refractivity contribution in [2.24, 2.45) is 0 Å². The highest BCUT2D eigenvalue weighted by Crippen LogP contribution is 2.37. The first-order valence-corrected chi connectivity index (χ1v) is 9.74. The standard InChI is InChI=1S/C20H13ClN2O2S/c21-19-18(17-12-6-8-14-7-4-5-11-16(14)17)20(23-13-22-19)26(24,25)15-9-2-1-3-10-15/h1-13H. The normalized spacial score (nSPS) is 11.6. The van der Waals surface area contributed by atoms with E-state index in [4.69, 9.17) is 11.6 Å². The Bertz CT molecular complexity index is 1200. The molecule has 0 fully saturated rings. The van der Waals surface area contributed by atoms with Crippen LogP contribution in [0.1, 0.15) is 0 Å². The van der Waals surface area contributed by atoms with E-state index >= 15 is 0 Å². The summed E-state index contributed by atoms with van der Waals surface area (Å²) in [5, 5.41) is 1.87. The van der Waals surface area contributed by atoms with E-state index in [-0.39, 0.29) is 15.1 Å². The van der Waals surface area contributed by atoms with Gasteiger partial charge in [0.15, 0.2) is 5.03 Å². The Hall–Kier alpha value is -2.76. The third-order valence-corrected chi connectivity index (χ3v) is 6.13. The summed E-state index contributed by atoms with van der Waals surface area (Å²) in [5.41, 5.74) is 0.998. The van der Waals surface area contributed by atoms with Gasteiger partial charge in [-0.25, -0.2) is 18.4 Å². The summed E-state index contributed by atoms with van der Waals surface area (Å²) >= 11 is 6.34. The molecule has 0 aliphatic rings. The summed E-state index contributed by atoms with van der Waals surface area (Å²) in [6, 6.07) is 21.5. The maximum atomic E-state index is 13.2. The van der Waals surface area contributed by atoms with Gasteiger partial charge in [-0.1, -0.05) is 72.3 Å². The lowest BCUT2D eigenvalue weighted by atomic mass is 10.0. The smallest absolute Gasteiger partial charge is 0.224 e. The molecule has 0 aliphatic carbocycles. The summed E-state index contributed by atoms with van der Waals surface area (Å²) in [4.78, 5) is 8.27. The van der Waals surface area contributed by atoms with E-state index in [9.17, 15) is 8.42 Å². The van der Waals surface area contributed by atoms with Crippen molar-refractivity contribution in [3.63, 3.8) is 0 Å². The molecule has 4 nitrogen and oxygen atoms in total. The van der Waals surface area contributed by atoms with Crippen LogP contribution < -0.4 is 0 Å². The van der Waals surface area contributed by atoms with Gasteiger partial charge in [-0.05, 0) is 28.5 Å². The van der Waals surface area contributed by atoms with Crippen molar-refractivity contribution in [2.45, 2.75) is 9.92 Å². The van der Waals surface area contributed by atoms with Crippen LogP contribution in [0.15, 0.2) is 89.0 Å². The monoisotopic (exact) mass is 380 g/mol. The average Bonchev–Trinajstić information content (AvgIpc) is 2.68. The lowest BCUT2D eigenvalue weighted by Crippen LogP contribution is -2.08. The summed E-state index contributed by atoms with van der Waals surface area (Å²) < 4.78 is 26.3. The molecule has 26 heavy (non-hydrogen) atoms. The highest BCUT2D eigenvalue weighted by molar-refractivity contribution is 7.91. The van der Waals surface area contributed by atoms with Crippen LogP contribution in [-0.4, -0.2) is 18.4 Å². The van der Waals surface area contributed by atoms with Gasteiger partial charge in [-0.15, -0.1) is 0 Å².